The first-order chi connectivity index (χ1) is 10.9. The third kappa shape index (κ3) is 4.36. The van der Waals surface area contributed by atoms with Gasteiger partial charge < -0.3 is 0 Å². The van der Waals surface area contributed by atoms with Crippen molar-refractivity contribution in [2.45, 2.75) is 36.0 Å². The first kappa shape index (κ1) is 18.5. The highest BCUT2D eigenvalue weighted by Gasteiger charge is 2.18. The highest BCUT2D eigenvalue weighted by atomic mass is 32.2. The lowest BCUT2D eigenvalue weighted by molar-refractivity contribution is 0.590. The van der Waals surface area contributed by atoms with Crippen LogP contribution in [0.15, 0.2) is 58.3 Å². The summed E-state index contributed by atoms with van der Waals surface area (Å²) in [5, 5.41) is 0. The van der Waals surface area contributed by atoms with Crippen LogP contribution in [0, 0.1) is 0 Å². The second-order valence-electron chi connectivity index (χ2n) is 6.68. The SMILES string of the molecule is CC(C)(C)c1ccc(NS(=O)(=O)c2cccc(S(C)(=O)=O)c2)cc1. The molecule has 0 spiro atoms. The fourth-order valence-electron chi connectivity index (χ4n) is 2.12. The molecule has 130 valence electrons. The van der Waals surface area contributed by atoms with E-state index in [1.54, 1.807) is 12.1 Å². The van der Waals surface area contributed by atoms with Crippen molar-refractivity contribution < 1.29 is 16.8 Å². The molecule has 0 saturated heterocycles. The van der Waals surface area contributed by atoms with Crippen molar-refractivity contribution in [3.8, 4) is 0 Å². The second-order valence-corrected chi connectivity index (χ2v) is 10.4. The van der Waals surface area contributed by atoms with Crippen molar-refractivity contribution in [3.05, 3.63) is 54.1 Å². The summed E-state index contributed by atoms with van der Waals surface area (Å²) in [6.07, 6.45) is 1.04. The number of nitrogens with one attached hydrogen (secondary N) is 1. The Labute approximate surface area is 143 Å². The fraction of sp³-hybridized carbons (Fsp3) is 0.294. The zero-order chi connectivity index (χ0) is 18.2. The second kappa shape index (κ2) is 6.22. The van der Waals surface area contributed by atoms with E-state index in [9.17, 15) is 16.8 Å². The molecule has 0 aromatic heterocycles. The largest absolute Gasteiger partial charge is 0.280 e. The van der Waals surface area contributed by atoms with E-state index in [1.165, 1.54) is 18.2 Å². The normalized spacial score (nSPS) is 12.8. The predicted molar refractivity (Wildman–Crippen MR) is 95.5 cm³/mol. The number of sulfonamides is 1. The van der Waals surface area contributed by atoms with Crippen LogP contribution in [0.3, 0.4) is 0 Å². The number of rotatable bonds is 4. The average Bonchev–Trinajstić information content (AvgIpc) is 2.46. The van der Waals surface area contributed by atoms with Crippen molar-refractivity contribution in [2.24, 2.45) is 0 Å². The van der Waals surface area contributed by atoms with Gasteiger partial charge in [-0.05, 0) is 41.3 Å². The summed E-state index contributed by atoms with van der Waals surface area (Å²) in [7, 11) is -7.33. The van der Waals surface area contributed by atoms with Crippen LogP contribution in [0.5, 0.6) is 0 Å². The fourth-order valence-corrected chi connectivity index (χ4v) is 3.97. The predicted octanol–water partition coefficient (Wildman–Crippen LogP) is 3.19. The van der Waals surface area contributed by atoms with E-state index < -0.39 is 19.9 Å². The average molecular weight is 367 g/mol. The standard InChI is InChI=1S/C17H21NO4S2/c1-17(2,3)13-8-10-14(11-9-13)18-24(21,22)16-7-5-6-15(12-16)23(4,19)20/h5-12,18H,1-4H3. The van der Waals surface area contributed by atoms with Gasteiger partial charge in [0, 0.05) is 11.9 Å². The molecule has 0 unspecified atom stereocenters. The van der Waals surface area contributed by atoms with Crippen molar-refractivity contribution in [2.75, 3.05) is 11.0 Å². The molecule has 0 saturated carbocycles. The molecule has 0 aliphatic rings. The van der Waals surface area contributed by atoms with Crippen molar-refractivity contribution in [1.29, 1.82) is 0 Å². The molecular weight excluding hydrogens is 346 g/mol. The summed E-state index contributed by atoms with van der Waals surface area (Å²) in [6.45, 7) is 6.22. The molecule has 0 heterocycles. The maximum absolute atomic E-state index is 12.5. The number of benzene rings is 2. The van der Waals surface area contributed by atoms with Gasteiger partial charge in [0.25, 0.3) is 10.0 Å². The Hall–Kier alpha value is -1.86. The molecule has 0 bridgehead atoms. The van der Waals surface area contributed by atoms with Crippen LogP contribution in [-0.2, 0) is 25.3 Å². The van der Waals surface area contributed by atoms with Crippen molar-refractivity contribution in [1.82, 2.24) is 0 Å². The van der Waals surface area contributed by atoms with E-state index in [1.807, 2.05) is 12.1 Å². The van der Waals surface area contributed by atoms with Crippen LogP contribution >= 0.6 is 0 Å². The highest BCUT2D eigenvalue weighted by Crippen LogP contribution is 2.25. The van der Waals surface area contributed by atoms with Gasteiger partial charge in [-0.25, -0.2) is 16.8 Å². The lowest BCUT2D eigenvalue weighted by Gasteiger charge is -2.19. The first-order valence-corrected chi connectivity index (χ1v) is 10.7. The van der Waals surface area contributed by atoms with Crippen LogP contribution < -0.4 is 4.72 Å². The molecular formula is C17H21NO4S2. The molecule has 0 radical (unpaired) electrons. The number of hydrogen-bond acceptors (Lipinski definition) is 4. The number of anilines is 1. The van der Waals surface area contributed by atoms with E-state index in [4.69, 9.17) is 0 Å². The van der Waals surface area contributed by atoms with Gasteiger partial charge in [0.05, 0.1) is 9.79 Å². The lowest BCUT2D eigenvalue weighted by atomic mass is 9.87. The molecule has 2 rings (SSSR count). The van der Waals surface area contributed by atoms with E-state index in [0.29, 0.717) is 5.69 Å². The topological polar surface area (TPSA) is 80.3 Å². The third-order valence-electron chi connectivity index (χ3n) is 3.55. The molecule has 0 aliphatic heterocycles. The Bertz CT molecular complexity index is 939. The van der Waals surface area contributed by atoms with E-state index in [-0.39, 0.29) is 15.2 Å². The van der Waals surface area contributed by atoms with Crippen LogP contribution in [0.4, 0.5) is 5.69 Å². The lowest BCUT2D eigenvalue weighted by Crippen LogP contribution is -2.14. The number of sulfone groups is 1. The van der Waals surface area contributed by atoms with Crippen LogP contribution in [0.25, 0.3) is 0 Å². The van der Waals surface area contributed by atoms with Crippen molar-refractivity contribution in [3.63, 3.8) is 0 Å². The summed E-state index contributed by atoms with van der Waals surface area (Å²) in [4.78, 5) is -0.126. The van der Waals surface area contributed by atoms with Crippen molar-refractivity contribution >= 4 is 25.5 Å². The molecule has 0 fully saturated rings. The summed E-state index contributed by atoms with van der Waals surface area (Å²) in [6, 6.07) is 12.4. The maximum atomic E-state index is 12.5. The zero-order valence-corrected chi connectivity index (χ0v) is 15.7. The van der Waals surface area contributed by atoms with Gasteiger partial charge in [-0.3, -0.25) is 4.72 Å². The molecule has 24 heavy (non-hydrogen) atoms. The van der Waals surface area contributed by atoms with E-state index in [0.717, 1.165) is 17.9 Å². The van der Waals surface area contributed by atoms with Gasteiger partial charge >= 0.3 is 0 Å². The minimum atomic E-state index is -3.86. The Morgan fingerprint density at radius 1 is 0.833 bits per heavy atom. The monoisotopic (exact) mass is 367 g/mol. The van der Waals surface area contributed by atoms with Crippen LogP contribution in [-0.4, -0.2) is 23.1 Å². The summed E-state index contributed by atoms with van der Waals surface area (Å²) in [5.41, 5.74) is 1.48. The molecule has 0 amide bonds. The Morgan fingerprint density at radius 3 is 1.88 bits per heavy atom. The first-order valence-electron chi connectivity index (χ1n) is 7.33. The Balaban J connectivity index is 2.32. The van der Waals surface area contributed by atoms with Gasteiger partial charge in [0.2, 0.25) is 0 Å². The van der Waals surface area contributed by atoms with Gasteiger partial charge in [-0.15, -0.1) is 0 Å². The van der Waals surface area contributed by atoms with E-state index in [2.05, 4.69) is 25.5 Å². The smallest absolute Gasteiger partial charge is 0.261 e. The summed E-state index contributed by atoms with van der Waals surface area (Å²) >= 11 is 0. The molecule has 2 aromatic rings. The van der Waals surface area contributed by atoms with Gasteiger partial charge in [-0.1, -0.05) is 39.0 Å². The van der Waals surface area contributed by atoms with Gasteiger partial charge in [0.1, 0.15) is 0 Å². The highest BCUT2D eigenvalue weighted by molar-refractivity contribution is 7.93. The molecule has 5 nitrogen and oxygen atoms in total. The third-order valence-corrected chi connectivity index (χ3v) is 6.04. The number of hydrogen-bond donors (Lipinski definition) is 1. The molecule has 0 aliphatic carbocycles. The minimum absolute atomic E-state index is 0.0266. The van der Waals surface area contributed by atoms with Gasteiger partial charge in [0.15, 0.2) is 9.84 Å². The molecule has 0 atom stereocenters. The van der Waals surface area contributed by atoms with Crippen LogP contribution in [0.2, 0.25) is 0 Å². The Morgan fingerprint density at radius 2 is 1.38 bits per heavy atom. The van der Waals surface area contributed by atoms with E-state index >= 15 is 0 Å². The molecule has 7 heteroatoms. The molecule has 2 aromatic carbocycles. The van der Waals surface area contributed by atoms with Gasteiger partial charge in [-0.2, -0.15) is 0 Å². The van der Waals surface area contributed by atoms with Crippen LogP contribution in [0.1, 0.15) is 26.3 Å². The molecule has 1 N–H and O–H groups in total. The summed E-state index contributed by atoms with van der Waals surface area (Å²) < 4.78 is 50.6. The summed E-state index contributed by atoms with van der Waals surface area (Å²) in [5.74, 6) is 0. The quantitative estimate of drug-likeness (QED) is 0.900. The Kier molecular flexibility index (Phi) is 4.79. The maximum Gasteiger partial charge on any atom is 0.261 e. The zero-order valence-electron chi connectivity index (χ0n) is 14.1. The minimum Gasteiger partial charge on any atom is -0.280 e.